The van der Waals surface area contributed by atoms with E-state index in [2.05, 4.69) is 9.80 Å². The van der Waals surface area contributed by atoms with E-state index in [1.165, 1.54) is 0 Å². The summed E-state index contributed by atoms with van der Waals surface area (Å²) in [7, 11) is 0. The van der Waals surface area contributed by atoms with Gasteiger partial charge in [0.25, 0.3) is 0 Å². The Kier molecular flexibility index (Phi) is 4.88. The molecule has 1 rings (SSSR count). The molecule has 1 heterocycles. The number of β-amino-alcohol motifs (C(OH)–C–C–N with tert-alkyl or cyclic N) is 1. The molecule has 0 aromatic heterocycles. The molecular formula is C11H23N3O3. The van der Waals surface area contributed by atoms with E-state index in [-0.39, 0.29) is 0 Å². The zero-order valence-corrected chi connectivity index (χ0v) is 10.6. The van der Waals surface area contributed by atoms with Gasteiger partial charge in [0, 0.05) is 39.3 Å². The van der Waals surface area contributed by atoms with Crippen molar-refractivity contribution < 1.29 is 15.0 Å². The van der Waals surface area contributed by atoms with Gasteiger partial charge in [0.15, 0.2) is 0 Å². The van der Waals surface area contributed by atoms with E-state index in [1.54, 1.807) is 13.8 Å². The van der Waals surface area contributed by atoms with Gasteiger partial charge in [-0.1, -0.05) is 0 Å². The predicted octanol–water partition coefficient (Wildman–Crippen LogP) is -1.21. The molecule has 1 aliphatic heterocycles. The highest BCUT2D eigenvalue weighted by atomic mass is 16.4. The van der Waals surface area contributed by atoms with Crippen LogP contribution >= 0.6 is 0 Å². The summed E-state index contributed by atoms with van der Waals surface area (Å²) in [4.78, 5) is 14.9. The van der Waals surface area contributed by atoms with E-state index in [0.717, 1.165) is 26.2 Å². The third kappa shape index (κ3) is 5.45. The van der Waals surface area contributed by atoms with Crippen molar-refractivity contribution in [2.75, 3.05) is 39.3 Å². The van der Waals surface area contributed by atoms with Crippen molar-refractivity contribution in [3.05, 3.63) is 0 Å². The third-order valence-electron chi connectivity index (χ3n) is 2.85. The molecule has 17 heavy (non-hydrogen) atoms. The van der Waals surface area contributed by atoms with Gasteiger partial charge in [-0.2, -0.15) is 0 Å². The largest absolute Gasteiger partial charge is 0.480 e. The standard InChI is InChI=1S/C11H23N3O3/c1-11(2,17)8-14-5-3-13(4-6-14)7-9(12)10(15)16/h9,17H,3-8,12H2,1-2H3,(H,15,16). The molecular weight excluding hydrogens is 222 g/mol. The van der Waals surface area contributed by atoms with Crippen LogP contribution in [0.15, 0.2) is 0 Å². The zero-order valence-electron chi connectivity index (χ0n) is 10.6. The average molecular weight is 245 g/mol. The van der Waals surface area contributed by atoms with Crippen molar-refractivity contribution in [3.8, 4) is 0 Å². The summed E-state index contributed by atoms with van der Waals surface area (Å²) in [6.07, 6.45) is 0. The van der Waals surface area contributed by atoms with Gasteiger partial charge in [-0.25, -0.2) is 0 Å². The number of carbonyl (C=O) groups is 1. The van der Waals surface area contributed by atoms with Gasteiger partial charge in [0.05, 0.1) is 5.60 Å². The Hall–Kier alpha value is -0.690. The topological polar surface area (TPSA) is 90.0 Å². The molecule has 1 fully saturated rings. The van der Waals surface area contributed by atoms with E-state index in [1.807, 2.05) is 0 Å². The number of rotatable bonds is 5. The van der Waals surface area contributed by atoms with Crippen molar-refractivity contribution in [1.82, 2.24) is 9.80 Å². The highest BCUT2D eigenvalue weighted by molar-refractivity contribution is 5.73. The van der Waals surface area contributed by atoms with Gasteiger partial charge in [-0.05, 0) is 13.8 Å². The second kappa shape index (κ2) is 5.77. The van der Waals surface area contributed by atoms with Crippen molar-refractivity contribution in [2.45, 2.75) is 25.5 Å². The maximum Gasteiger partial charge on any atom is 0.321 e. The summed E-state index contributed by atoms with van der Waals surface area (Å²) < 4.78 is 0. The number of aliphatic carboxylic acids is 1. The molecule has 1 unspecified atom stereocenters. The molecule has 1 atom stereocenters. The monoisotopic (exact) mass is 245 g/mol. The number of carboxylic acid groups (broad SMARTS) is 1. The lowest BCUT2D eigenvalue weighted by Crippen LogP contribution is -2.53. The first kappa shape index (κ1) is 14.4. The Labute approximate surface area is 102 Å². The third-order valence-corrected chi connectivity index (χ3v) is 2.85. The summed E-state index contributed by atoms with van der Waals surface area (Å²) >= 11 is 0. The number of carboxylic acids is 1. The van der Waals surface area contributed by atoms with Crippen LogP contribution in [-0.2, 0) is 4.79 Å². The molecule has 0 amide bonds. The van der Waals surface area contributed by atoms with Crippen molar-refractivity contribution in [3.63, 3.8) is 0 Å². The number of nitrogens with two attached hydrogens (primary N) is 1. The van der Waals surface area contributed by atoms with E-state index in [4.69, 9.17) is 10.8 Å². The molecule has 0 aromatic rings. The fourth-order valence-corrected chi connectivity index (χ4v) is 2.03. The number of aliphatic hydroxyl groups is 1. The van der Waals surface area contributed by atoms with Crippen molar-refractivity contribution in [2.24, 2.45) is 5.73 Å². The lowest BCUT2D eigenvalue weighted by atomic mass is 10.1. The van der Waals surface area contributed by atoms with Gasteiger partial charge in [0.1, 0.15) is 6.04 Å². The molecule has 6 nitrogen and oxygen atoms in total. The minimum atomic E-state index is -0.955. The molecule has 100 valence electrons. The van der Waals surface area contributed by atoms with Crippen LogP contribution in [-0.4, -0.2) is 76.9 Å². The highest BCUT2D eigenvalue weighted by Crippen LogP contribution is 2.08. The van der Waals surface area contributed by atoms with Crippen LogP contribution in [0.25, 0.3) is 0 Å². The fourth-order valence-electron chi connectivity index (χ4n) is 2.03. The molecule has 1 saturated heterocycles. The van der Waals surface area contributed by atoms with Crippen LogP contribution in [0.2, 0.25) is 0 Å². The Balaban J connectivity index is 2.29. The molecule has 0 aromatic carbocycles. The average Bonchev–Trinajstić information content (AvgIpc) is 2.18. The molecule has 0 saturated carbocycles. The first-order chi connectivity index (χ1) is 7.78. The van der Waals surface area contributed by atoms with Gasteiger partial charge < -0.3 is 15.9 Å². The Bertz CT molecular complexity index is 257. The maximum atomic E-state index is 10.6. The van der Waals surface area contributed by atoms with Gasteiger partial charge >= 0.3 is 5.97 Å². The summed E-state index contributed by atoms with van der Waals surface area (Å²) in [5.74, 6) is -0.955. The second-order valence-electron chi connectivity index (χ2n) is 5.33. The molecule has 0 radical (unpaired) electrons. The lowest BCUT2D eigenvalue weighted by Gasteiger charge is -2.37. The summed E-state index contributed by atoms with van der Waals surface area (Å²) in [6, 6.07) is -0.809. The van der Waals surface area contributed by atoms with Crippen LogP contribution in [0, 0.1) is 0 Å². The number of hydrogen-bond donors (Lipinski definition) is 3. The molecule has 1 aliphatic rings. The van der Waals surface area contributed by atoms with Crippen LogP contribution < -0.4 is 5.73 Å². The molecule has 0 bridgehead atoms. The van der Waals surface area contributed by atoms with Gasteiger partial charge in [-0.15, -0.1) is 0 Å². The van der Waals surface area contributed by atoms with Crippen LogP contribution in [0.3, 0.4) is 0 Å². The molecule has 4 N–H and O–H groups in total. The van der Waals surface area contributed by atoms with E-state index >= 15 is 0 Å². The SMILES string of the molecule is CC(C)(O)CN1CCN(CC(N)C(=O)O)CC1. The van der Waals surface area contributed by atoms with E-state index in [0.29, 0.717) is 13.1 Å². The molecule has 0 aliphatic carbocycles. The fraction of sp³-hybridized carbons (Fsp3) is 0.909. The Morgan fingerprint density at radius 3 is 2.18 bits per heavy atom. The maximum absolute atomic E-state index is 10.6. The zero-order chi connectivity index (χ0) is 13.1. The Morgan fingerprint density at radius 1 is 1.29 bits per heavy atom. The Morgan fingerprint density at radius 2 is 1.76 bits per heavy atom. The highest BCUT2D eigenvalue weighted by Gasteiger charge is 2.24. The van der Waals surface area contributed by atoms with E-state index < -0.39 is 17.6 Å². The van der Waals surface area contributed by atoms with Crippen molar-refractivity contribution in [1.29, 1.82) is 0 Å². The summed E-state index contributed by atoms with van der Waals surface area (Å²) in [5.41, 5.74) is 4.81. The number of nitrogens with zero attached hydrogens (tertiary/aromatic N) is 2. The minimum Gasteiger partial charge on any atom is -0.480 e. The predicted molar refractivity (Wildman–Crippen MR) is 64.8 cm³/mol. The smallest absolute Gasteiger partial charge is 0.321 e. The first-order valence-corrected chi connectivity index (χ1v) is 5.93. The second-order valence-corrected chi connectivity index (χ2v) is 5.33. The first-order valence-electron chi connectivity index (χ1n) is 5.93. The summed E-state index contributed by atoms with van der Waals surface area (Å²) in [5, 5.41) is 18.4. The number of hydrogen-bond acceptors (Lipinski definition) is 5. The normalized spacial score (nSPS) is 21.4. The molecule has 0 spiro atoms. The summed E-state index contributed by atoms with van der Waals surface area (Å²) in [6.45, 7) is 7.91. The minimum absolute atomic E-state index is 0.395. The van der Waals surface area contributed by atoms with Crippen LogP contribution in [0.5, 0.6) is 0 Å². The van der Waals surface area contributed by atoms with Gasteiger partial charge in [0.2, 0.25) is 0 Å². The van der Waals surface area contributed by atoms with Crippen LogP contribution in [0.1, 0.15) is 13.8 Å². The van der Waals surface area contributed by atoms with Crippen molar-refractivity contribution >= 4 is 5.97 Å². The number of piperazine rings is 1. The van der Waals surface area contributed by atoms with Gasteiger partial charge in [-0.3, -0.25) is 14.6 Å². The quantitative estimate of drug-likeness (QED) is 0.563. The van der Waals surface area contributed by atoms with Crippen LogP contribution in [0.4, 0.5) is 0 Å². The lowest BCUT2D eigenvalue weighted by molar-refractivity contribution is -0.139. The molecule has 6 heteroatoms. The van der Waals surface area contributed by atoms with E-state index in [9.17, 15) is 9.90 Å².